The summed E-state index contributed by atoms with van der Waals surface area (Å²) in [4.78, 5) is 13.3. The van der Waals surface area contributed by atoms with Gasteiger partial charge in [-0.05, 0) is 66.1 Å². The number of nitrogens with two attached hydrogens (primary N) is 1. The molecule has 4 aromatic rings. The molecule has 10 heteroatoms. The molecule has 3 aromatic carbocycles. The molecular formula is C28H23F2N3O4S. The highest BCUT2D eigenvalue weighted by atomic mass is 32.2. The molecule has 1 aromatic heterocycles. The Hall–Kier alpha value is -4.31. The van der Waals surface area contributed by atoms with Crippen LogP contribution in [0.1, 0.15) is 32.6 Å². The molecule has 1 aliphatic rings. The minimum absolute atomic E-state index is 0.0680. The van der Waals surface area contributed by atoms with Crippen LogP contribution >= 0.6 is 0 Å². The van der Waals surface area contributed by atoms with Crippen LogP contribution in [0.5, 0.6) is 11.5 Å². The van der Waals surface area contributed by atoms with E-state index in [9.17, 15) is 22.0 Å². The Morgan fingerprint density at radius 2 is 1.84 bits per heavy atom. The molecule has 0 atom stereocenters. The molecule has 0 amide bonds. The quantitative estimate of drug-likeness (QED) is 0.326. The number of carbonyl (C=O) groups is 1. The molecule has 1 aliphatic carbocycles. The van der Waals surface area contributed by atoms with Gasteiger partial charge < -0.3 is 10.5 Å². The topological polar surface area (TPSA) is 104 Å². The molecular weight excluding hydrogens is 512 g/mol. The molecule has 5 rings (SSSR count). The molecule has 0 saturated carbocycles. The summed E-state index contributed by atoms with van der Waals surface area (Å²) in [5, 5.41) is 4.28. The standard InChI is InChI=1S/C28H23F2N3O4S/c1-16-9-21(7-8-25(16)37-26-6-4-3-5-23(26)29)33-28(31)22(14-32-33)27(34)19-10-17-12-20(15-38(2,35)36)24(30)13-18(17)11-19/h3-9,11-14H,10,15,31H2,1-2H3. The average Bonchev–Trinajstić information content (AvgIpc) is 3.43. The first-order valence-electron chi connectivity index (χ1n) is 11.6. The molecule has 0 saturated heterocycles. The predicted molar refractivity (Wildman–Crippen MR) is 140 cm³/mol. The number of anilines is 1. The number of fused-ring (bicyclic) bond motifs is 1. The number of nitrogen functional groups attached to an aromatic ring is 1. The van der Waals surface area contributed by atoms with Gasteiger partial charge >= 0.3 is 0 Å². The van der Waals surface area contributed by atoms with Crippen molar-refractivity contribution in [2.24, 2.45) is 0 Å². The molecule has 7 nitrogen and oxygen atoms in total. The van der Waals surface area contributed by atoms with Crippen molar-refractivity contribution in [3.05, 3.63) is 106 Å². The van der Waals surface area contributed by atoms with E-state index in [-0.39, 0.29) is 34.9 Å². The number of carbonyl (C=O) groups excluding carboxylic acids is 1. The van der Waals surface area contributed by atoms with Crippen molar-refractivity contribution in [1.82, 2.24) is 9.78 Å². The lowest BCUT2D eigenvalue weighted by atomic mass is 10.0. The summed E-state index contributed by atoms with van der Waals surface area (Å²) in [6.07, 6.45) is 4.21. The SMILES string of the molecule is Cc1cc(-n2ncc(C(=O)C3=Cc4cc(F)c(CS(C)(=O)=O)cc4C3)c2N)ccc1Oc1ccccc1F. The maximum Gasteiger partial charge on any atom is 0.194 e. The number of aryl methyl sites for hydroxylation is 1. The number of ketones is 1. The summed E-state index contributed by atoms with van der Waals surface area (Å²) in [7, 11) is -3.42. The van der Waals surface area contributed by atoms with E-state index in [0.717, 1.165) is 6.26 Å². The number of hydrogen-bond acceptors (Lipinski definition) is 6. The Kier molecular flexibility index (Phi) is 6.36. The first-order chi connectivity index (χ1) is 18.0. The van der Waals surface area contributed by atoms with Crippen molar-refractivity contribution in [2.75, 3.05) is 12.0 Å². The van der Waals surface area contributed by atoms with Crippen LogP contribution in [-0.4, -0.2) is 30.2 Å². The van der Waals surface area contributed by atoms with Gasteiger partial charge in [-0.15, -0.1) is 0 Å². The number of allylic oxidation sites excluding steroid dienone is 1. The third kappa shape index (κ3) is 4.95. The normalized spacial score (nSPS) is 12.8. The number of halogens is 2. The van der Waals surface area contributed by atoms with Crippen LogP contribution in [-0.2, 0) is 22.0 Å². The van der Waals surface area contributed by atoms with Crippen LogP contribution in [0, 0.1) is 18.6 Å². The van der Waals surface area contributed by atoms with Crippen LogP contribution in [0.25, 0.3) is 11.8 Å². The molecule has 0 bridgehead atoms. The van der Waals surface area contributed by atoms with Gasteiger partial charge in [-0.3, -0.25) is 4.79 Å². The van der Waals surface area contributed by atoms with Crippen LogP contribution in [0.2, 0.25) is 0 Å². The van der Waals surface area contributed by atoms with Gasteiger partial charge in [-0.1, -0.05) is 18.2 Å². The third-order valence-corrected chi connectivity index (χ3v) is 7.07. The lowest BCUT2D eigenvalue weighted by Gasteiger charge is -2.12. The number of hydrogen-bond donors (Lipinski definition) is 1. The molecule has 38 heavy (non-hydrogen) atoms. The van der Waals surface area contributed by atoms with E-state index in [4.69, 9.17) is 10.5 Å². The summed E-state index contributed by atoms with van der Waals surface area (Å²) in [5.74, 6) is -1.21. The number of nitrogens with zero attached hydrogens (tertiary/aromatic N) is 2. The van der Waals surface area contributed by atoms with Crippen molar-refractivity contribution in [3.63, 3.8) is 0 Å². The second kappa shape index (κ2) is 9.53. The lowest BCUT2D eigenvalue weighted by molar-refractivity contribution is 0.103. The number of aromatic nitrogens is 2. The van der Waals surface area contributed by atoms with Crippen molar-refractivity contribution >= 4 is 27.5 Å². The molecule has 0 unspecified atom stereocenters. The van der Waals surface area contributed by atoms with Crippen LogP contribution in [0.4, 0.5) is 14.6 Å². The largest absolute Gasteiger partial charge is 0.454 e. The van der Waals surface area contributed by atoms with Gasteiger partial charge in [0.15, 0.2) is 27.2 Å². The van der Waals surface area contributed by atoms with Crippen LogP contribution in [0.3, 0.4) is 0 Å². The Balaban J connectivity index is 1.37. The van der Waals surface area contributed by atoms with Gasteiger partial charge in [0.2, 0.25) is 0 Å². The number of rotatable bonds is 7. The Morgan fingerprint density at radius 1 is 1.08 bits per heavy atom. The number of sulfone groups is 1. The van der Waals surface area contributed by atoms with Gasteiger partial charge in [0.25, 0.3) is 0 Å². The Labute approximate surface area is 218 Å². The molecule has 0 spiro atoms. The van der Waals surface area contributed by atoms with E-state index < -0.39 is 27.2 Å². The summed E-state index contributed by atoms with van der Waals surface area (Å²) in [5.41, 5.74) is 9.43. The molecule has 0 radical (unpaired) electrons. The first-order valence-corrected chi connectivity index (χ1v) is 13.7. The van der Waals surface area contributed by atoms with Crippen molar-refractivity contribution < 1.29 is 26.7 Å². The van der Waals surface area contributed by atoms with E-state index in [2.05, 4.69) is 5.10 Å². The minimum Gasteiger partial charge on any atom is -0.454 e. The van der Waals surface area contributed by atoms with Gasteiger partial charge in [-0.2, -0.15) is 5.10 Å². The fourth-order valence-electron chi connectivity index (χ4n) is 4.39. The highest BCUT2D eigenvalue weighted by Gasteiger charge is 2.25. The Morgan fingerprint density at radius 3 is 2.55 bits per heavy atom. The zero-order chi connectivity index (χ0) is 27.2. The molecule has 0 fully saturated rings. The second-order valence-corrected chi connectivity index (χ2v) is 11.4. The Bertz CT molecular complexity index is 1740. The molecule has 194 valence electrons. The van der Waals surface area contributed by atoms with E-state index in [1.807, 2.05) is 0 Å². The van der Waals surface area contributed by atoms with Crippen LogP contribution in [0.15, 0.2) is 66.4 Å². The maximum atomic E-state index is 14.4. The number of para-hydroxylation sites is 1. The number of Topliss-reactive ketones (excluding diaryl/α,β-unsaturated/α-hetero) is 1. The zero-order valence-corrected chi connectivity index (χ0v) is 21.4. The van der Waals surface area contributed by atoms with E-state index in [1.54, 1.807) is 43.3 Å². The molecule has 0 aliphatic heterocycles. The average molecular weight is 536 g/mol. The third-order valence-electron chi connectivity index (χ3n) is 6.24. The maximum absolute atomic E-state index is 14.4. The second-order valence-electron chi connectivity index (χ2n) is 9.23. The lowest BCUT2D eigenvalue weighted by Crippen LogP contribution is -2.08. The molecule has 2 N–H and O–H groups in total. The van der Waals surface area contributed by atoms with E-state index in [0.29, 0.717) is 33.7 Å². The minimum atomic E-state index is -3.42. The summed E-state index contributed by atoms with van der Waals surface area (Å²) < 4.78 is 58.8. The van der Waals surface area contributed by atoms with Crippen molar-refractivity contribution in [1.29, 1.82) is 0 Å². The fraction of sp³-hybridized carbons (Fsp3) is 0.143. The van der Waals surface area contributed by atoms with Crippen molar-refractivity contribution in [2.45, 2.75) is 19.1 Å². The smallest absolute Gasteiger partial charge is 0.194 e. The van der Waals surface area contributed by atoms with Gasteiger partial charge in [0.05, 0.1) is 23.2 Å². The summed E-state index contributed by atoms with van der Waals surface area (Å²) >= 11 is 0. The molecule has 1 heterocycles. The van der Waals surface area contributed by atoms with Crippen molar-refractivity contribution in [3.8, 4) is 17.2 Å². The van der Waals surface area contributed by atoms with Gasteiger partial charge in [0, 0.05) is 23.8 Å². The monoisotopic (exact) mass is 535 g/mol. The fourth-order valence-corrected chi connectivity index (χ4v) is 5.18. The van der Waals surface area contributed by atoms with E-state index in [1.165, 1.54) is 35.1 Å². The summed E-state index contributed by atoms with van der Waals surface area (Å²) in [6.45, 7) is 1.79. The highest BCUT2D eigenvalue weighted by molar-refractivity contribution is 7.89. The predicted octanol–water partition coefficient (Wildman–Crippen LogP) is 5.20. The highest BCUT2D eigenvalue weighted by Crippen LogP contribution is 2.33. The zero-order valence-electron chi connectivity index (χ0n) is 20.5. The number of benzene rings is 3. The van der Waals surface area contributed by atoms with Gasteiger partial charge in [0.1, 0.15) is 17.4 Å². The van der Waals surface area contributed by atoms with E-state index >= 15 is 0 Å². The first kappa shape index (κ1) is 25.3. The number of ether oxygens (including phenoxy) is 1. The van der Waals surface area contributed by atoms with Gasteiger partial charge in [-0.25, -0.2) is 21.9 Å². The summed E-state index contributed by atoms with van der Waals surface area (Å²) in [6, 6.07) is 13.9. The van der Waals surface area contributed by atoms with Crippen LogP contribution < -0.4 is 10.5 Å².